The summed E-state index contributed by atoms with van der Waals surface area (Å²) in [5, 5.41) is 10.7. The molecule has 2 N–H and O–H groups in total. The molecule has 1 fully saturated rings. The van der Waals surface area contributed by atoms with Crippen molar-refractivity contribution in [1.29, 1.82) is 0 Å². The molecule has 0 spiro atoms. The first-order valence-corrected chi connectivity index (χ1v) is 5.90. The van der Waals surface area contributed by atoms with Crippen LogP contribution in [-0.2, 0) is 9.47 Å². The third kappa shape index (κ3) is 3.19. The summed E-state index contributed by atoms with van der Waals surface area (Å²) in [6.45, 7) is 0.840. The van der Waals surface area contributed by atoms with Crippen LogP contribution >= 0.6 is 0 Å². The van der Waals surface area contributed by atoms with E-state index < -0.39 is 10.9 Å². The van der Waals surface area contributed by atoms with Crippen LogP contribution in [0.3, 0.4) is 0 Å². The Morgan fingerprint density at radius 2 is 2.37 bits per heavy atom. The first-order valence-electron chi connectivity index (χ1n) is 5.90. The monoisotopic (exact) mass is 266 g/mol. The Morgan fingerprint density at radius 3 is 3.00 bits per heavy atom. The van der Waals surface area contributed by atoms with Gasteiger partial charge in [0.25, 0.3) is 5.69 Å². The molecule has 1 heterocycles. The zero-order valence-electron chi connectivity index (χ0n) is 10.2. The Bertz CT molecular complexity index is 497. The number of benzene rings is 1. The number of carbonyl (C=O) groups is 1. The van der Waals surface area contributed by atoms with E-state index in [1.54, 1.807) is 0 Å². The fourth-order valence-electron chi connectivity index (χ4n) is 1.86. The summed E-state index contributed by atoms with van der Waals surface area (Å²) in [5.41, 5.74) is 5.28. The van der Waals surface area contributed by atoms with Crippen molar-refractivity contribution in [2.75, 3.05) is 18.9 Å². The quantitative estimate of drug-likeness (QED) is 0.383. The molecular formula is C12H14N2O5. The van der Waals surface area contributed by atoms with Crippen molar-refractivity contribution in [1.82, 2.24) is 0 Å². The van der Waals surface area contributed by atoms with Gasteiger partial charge in [0.15, 0.2) is 0 Å². The molecule has 102 valence electrons. The molecule has 1 aliphatic heterocycles. The minimum Gasteiger partial charge on any atom is -0.459 e. The van der Waals surface area contributed by atoms with Crippen LogP contribution < -0.4 is 5.73 Å². The number of nitrogens with zero attached hydrogens (tertiary/aromatic N) is 1. The lowest BCUT2D eigenvalue weighted by molar-refractivity contribution is -0.383. The summed E-state index contributed by atoms with van der Waals surface area (Å²) in [6, 6.07) is 3.84. The maximum atomic E-state index is 11.7. The minimum absolute atomic E-state index is 0.0145. The fourth-order valence-corrected chi connectivity index (χ4v) is 1.86. The smallest absolute Gasteiger partial charge is 0.338 e. The molecule has 0 saturated carbocycles. The molecule has 0 unspecified atom stereocenters. The van der Waals surface area contributed by atoms with E-state index >= 15 is 0 Å². The maximum absolute atomic E-state index is 11.7. The van der Waals surface area contributed by atoms with Crippen molar-refractivity contribution in [2.45, 2.75) is 18.9 Å². The number of hydrogen-bond donors (Lipinski definition) is 1. The third-order valence-electron chi connectivity index (χ3n) is 2.89. The van der Waals surface area contributed by atoms with E-state index in [-0.39, 0.29) is 29.6 Å². The van der Waals surface area contributed by atoms with Crippen LogP contribution in [0.4, 0.5) is 11.4 Å². The Kier molecular flexibility index (Phi) is 3.96. The standard InChI is InChI=1S/C12H14N2O5/c13-10-4-3-8(6-11(10)14(16)17)12(15)19-7-9-2-1-5-18-9/h3-4,6,9H,1-2,5,7,13H2/t9-/m1/s1. The van der Waals surface area contributed by atoms with E-state index in [1.807, 2.05) is 0 Å². The second kappa shape index (κ2) is 5.66. The van der Waals surface area contributed by atoms with Gasteiger partial charge in [-0.3, -0.25) is 10.1 Å². The first-order chi connectivity index (χ1) is 9.08. The highest BCUT2D eigenvalue weighted by Crippen LogP contribution is 2.23. The molecule has 0 bridgehead atoms. The highest BCUT2D eigenvalue weighted by Gasteiger charge is 2.20. The van der Waals surface area contributed by atoms with Crippen molar-refractivity contribution >= 4 is 17.3 Å². The van der Waals surface area contributed by atoms with Gasteiger partial charge in [-0.2, -0.15) is 0 Å². The number of nitro benzene ring substituents is 1. The number of carbonyl (C=O) groups excluding carboxylic acids is 1. The predicted molar refractivity (Wildman–Crippen MR) is 66.8 cm³/mol. The van der Waals surface area contributed by atoms with Crippen LogP contribution in [-0.4, -0.2) is 30.2 Å². The lowest BCUT2D eigenvalue weighted by Gasteiger charge is -2.10. The highest BCUT2D eigenvalue weighted by atomic mass is 16.6. The Labute approximate surface area is 109 Å². The molecule has 1 aromatic rings. The van der Waals surface area contributed by atoms with Crippen molar-refractivity contribution in [2.24, 2.45) is 0 Å². The number of nitro groups is 1. The molecule has 2 rings (SSSR count). The van der Waals surface area contributed by atoms with Gasteiger partial charge in [-0.1, -0.05) is 0 Å². The topological polar surface area (TPSA) is 105 Å². The van der Waals surface area contributed by atoms with Crippen molar-refractivity contribution in [3.8, 4) is 0 Å². The van der Waals surface area contributed by atoms with Crippen LogP contribution in [0.25, 0.3) is 0 Å². The Hall–Kier alpha value is -2.15. The molecule has 1 atom stereocenters. The van der Waals surface area contributed by atoms with Crippen LogP contribution in [0.2, 0.25) is 0 Å². The van der Waals surface area contributed by atoms with Crippen molar-refractivity contribution in [3.05, 3.63) is 33.9 Å². The molecule has 1 aromatic carbocycles. The van der Waals surface area contributed by atoms with Crippen LogP contribution in [0.5, 0.6) is 0 Å². The van der Waals surface area contributed by atoms with E-state index in [0.29, 0.717) is 6.61 Å². The predicted octanol–water partition coefficient (Wildman–Crippen LogP) is 1.51. The van der Waals surface area contributed by atoms with Gasteiger partial charge in [-0.25, -0.2) is 4.79 Å². The van der Waals surface area contributed by atoms with Crippen LogP contribution in [0, 0.1) is 10.1 Å². The zero-order valence-corrected chi connectivity index (χ0v) is 10.2. The molecule has 0 aromatic heterocycles. The van der Waals surface area contributed by atoms with E-state index in [4.69, 9.17) is 15.2 Å². The molecular weight excluding hydrogens is 252 g/mol. The van der Waals surface area contributed by atoms with Gasteiger partial charge < -0.3 is 15.2 Å². The number of rotatable bonds is 4. The normalized spacial score (nSPS) is 18.2. The number of nitrogens with two attached hydrogens (primary N) is 1. The summed E-state index contributed by atoms with van der Waals surface area (Å²) in [7, 11) is 0. The highest BCUT2D eigenvalue weighted by molar-refractivity contribution is 5.91. The summed E-state index contributed by atoms with van der Waals surface area (Å²) < 4.78 is 10.4. The molecule has 19 heavy (non-hydrogen) atoms. The zero-order chi connectivity index (χ0) is 13.8. The molecule has 7 nitrogen and oxygen atoms in total. The first kappa shape index (κ1) is 13.3. The van der Waals surface area contributed by atoms with Crippen LogP contribution in [0.1, 0.15) is 23.2 Å². The summed E-state index contributed by atoms with van der Waals surface area (Å²) in [4.78, 5) is 21.8. The summed E-state index contributed by atoms with van der Waals surface area (Å²) in [6.07, 6.45) is 1.73. The SMILES string of the molecule is Nc1ccc(C(=O)OC[C@H]2CCCO2)cc1[N+](=O)[O-]. The Morgan fingerprint density at radius 1 is 1.58 bits per heavy atom. The van der Waals surface area contributed by atoms with Crippen molar-refractivity contribution in [3.63, 3.8) is 0 Å². The van der Waals surface area contributed by atoms with E-state index in [9.17, 15) is 14.9 Å². The lowest BCUT2D eigenvalue weighted by atomic mass is 10.2. The number of anilines is 1. The van der Waals surface area contributed by atoms with Crippen molar-refractivity contribution < 1.29 is 19.2 Å². The second-order valence-electron chi connectivity index (χ2n) is 4.26. The molecule has 7 heteroatoms. The summed E-state index contributed by atoms with van der Waals surface area (Å²) >= 11 is 0. The molecule has 0 radical (unpaired) electrons. The average molecular weight is 266 g/mol. The number of ether oxygens (including phenoxy) is 2. The third-order valence-corrected chi connectivity index (χ3v) is 2.89. The summed E-state index contributed by atoms with van der Waals surface area (Å²) in [5.74, 6) is -0.612. The molecule has 0 amide bonds. The number of esters is 1. The van der Waals surface area contributed by atoms with Gasteiger partial charge in [0.1, 0.15) is 12.3 Å². The molecule has 1 aliphatic rings. The number of hydrogen-bond acceptors (Lipinski definition) is 6. The number of nitrogen functional groups attached to an aromatic ring is 1. The van der Waals surface area contributed by atoms with E-state index in [1.165, 1.54) is 12.1 Å². The van der Waals surface area contributed by atoms with Gasteiger partial charge in [-0.15, -0.1) is 0 Å². The molecule has 0 aliphatic carbocycles. The molecule has 1 saturated heterocycles. The average Bonchev–Trinajstić information content (AvgIpc) is 2.89. The van der Waals surface area contributed by atoms with E-state index in [2.05, 4.69) is 0 Å². The fraction of sp³-hybridized carbons (Fsp3) is 0.417. The van der Waals surface area contributed by atoms with Gasteiger partial charge in [-0.05, 0) is 25.0 Å². The van der Waals surface area contributed by atoms with Gasteiger partial charge in [0, 0.05) is 12.7 Å². The van der Waals surface area contributed by atoms with E-state index in [0.717, 1.165) is 18.9 Å². The van der Waals surface area contributed by atoms with Crippen LogP contribution in [0.15, 0.2) is 18.2 Å². The largest absolute Gasteiger partial charge is 0.459 e. The Balaban J connectivity index is 2.02. The van der Waals surface area contributed by atoms with Gasteiger partial charge in [0.05, 0.1) is 16.6 Å². The van der Waals surface area contributed by atoms with Gasteiger partial charge >= 0.3 is 5.97 Å². The minimum atomic E-state index is -0.633. The van der Waals surface area contributed by atoms with Gasteiger partial charge in [0.2, 0.25) is 0 Å². The maximum Gasteiger partial charge on any atom is 0.338 e. The lowest BCUT2D eigenvalue weighted by Crippen LogP contribution is -2.18. The second-order valence-corrected chi connectivity index (χ2v) is 4.26.